The van der Waals surface area contributed by atoms with Crippen molar-refractivity contribution >= 4 is 39.7 Å². The molecule has 11 heteroatoms. The topological polar surface area (TPSA) is 116 Å². The fourth-order valence-electron chi connectivity index (χ4n) is 6.65. The van der Waals surface area contributed by atoms with E-state index in [0.29, 0.717) is 81.6 Å². The van der Waals surface area contributed by atoms with Gasteiger partial charge in [0.2, 0.25) is 5.75 Å². The molecule has 2 heterocycles. The molecule has 2 aliphatic rings. The van der Waals surface area contributed by atoms with Crippen LogP contribution < -0.4 is 24.4 Å². The molecule has 0 bridgehead atoms. The molecule has 1 fully saturated rings. The highest BCUT2D eigenvalue weighted by Gasteiger charge is 2.34. The van der Waals surface area contributed by atoms with E-state index in [1.165, 1.54) is 0 Å². The first-order valence-corrected chi connectivity index (χ1v) is 15.9. The second-order valence-corrected chi connectivity index (χ2v) is 11.6. The number of nitrogens with one attached hydrogen (secondary N) is 1. The Bertz CT molecular complexity index is 2030. The van der Waals surface area contributed by atoms with Crippen molar-refractivity contribution in [2.75, 3.05) is 64.3 Å². The number of hydrogen-bond acceptors (Lipinski definition) is 11. The molecule has 0 saturated carbocycles. The van der Waals surface area contributed by atoms with E-state index in [0.717, 1.165) is 29.9 Å². The molecule has 0 amide bonds. The lowest BCUT2D eigenvalue weighted by Crippen LogP contribution is -2.46. The van der Waals surface area contributed by atoms with Crippen molar-refractivity contribution in [2.24, 2.45) is 0 Å². The number of benzene rings is 4. The van der Waals surface area contributed by atoms with Crippen molar-refractivity contribution in [1.82, 2.24) is 10.1 Å². The van der Waals surface area contributed by atoms with Crippen molar-refractivity contribution in [1.29, 1.82) is 0 Å². The molecule has 1 aromatic heterocycles. The van der Waals surface area contributed by atoms with Crippen molar-refractivity contribution in [3.8, 4) is 28.6 Å². The quantitative estimate of drug-likeness (QED) is 0.169. The van der Waals surface area contributed by atoms with Crippen LogP contribution in [-0.2, 0) is 11.3 Å². The van der Waals surface area contributed by atoms with Gasteiger partial charge in [0.05, 0.1) is 55.8 Å². The van der Waals surface area contributed by atoms with Crippen LogP contribution in [0.4, 0.5) is 17.1 Å². The highest BCUT2D eigenvalue weighted by atomic mass is 16.5. The van der Waals surface area contributed by atoms with Crippen LogP contribution in [0, 0.1) is 0 Å². The lowest BCUT2D eigenvalue weighted by molar-refractivity contribution is 0.0526. The van der Waals surface area contributed by atoms with Gasteiger partial charge in [-0.3, -0.25) is 9.69 Å². The zero-order chi connectivity index (χ0) is 33.4. The molecule has 4 aromatic carbocycles. The molecule has 246 valence electrons. The average Bonchev–Trinajstić information content (AvgIpc) is 3.56. The normalized spacial score (nSPS) is 14.1. The second-order valence-electron chi connectivity index (χ2n) is 11.6. The Kier molecular flexibility index (Phi) is 8.36. The van der Waals surface area contributed by atoms with Gasteiger partial charge >= 0.3 is 5.97 Å². The number of hydrogen-bond donors (Lipinski definition) is 1. The second kappa shape index (κ2) is 12.9. The van der Waals surface area contributed by atoms with Crippen LogP contribution in [0.5, 0.6) is 17.2 Å². The molecule has 7 rings (SSSR count). The summed E-state index contributed by atoms with van der Waals surface area (Å²) in [4.78, 5) is 31.2. The van der Waals surface area contributed by atoms with Gasteiger partial charge in [0, 0.05) is 55.1 Å². The molecule has 0 spiro atoms. The Balaban J connectivity index is 1.23. The molecule has 0 radical (unpaired) electrons. The maximum atomic E-state index is 14.1. The number of nitrogens with zero attached hydrogens (tertiary/aromatic N) is 3. The monoisotopic (exact) mass is 648 g/mol. The SMILES string of the molecule is CCOC(=O)c1cccc(Nc2cc(N3CCN(Cc4ccc(OC)c(OC)c4OC)CC3)c3noc4c3c2C(=O)c2ccccc2-4)c1. The number of ether oxygens (including phenoxy) is 4. The molecule has 1 aliphatic heterocycles. The molecule has 0 unspecified atom stereocenters. The smallest absolute Gasteiger partial charge is 0.338 e. The minimum absolute atomic E-state index is 0.115. The largest absolute Gasteiger partial charge is 0.493 e. The van der Waals surface area contributed by atoms with Gasteiger partial charge in [-0.2, -0.15) is 0 Å². The van der Waals surface area contributed by atoms with Gasteiger partial charge in [0.1, 0.15) is 5.52 Å². The number of ketones is 1. The first-order chi connectivity index (χ1) is 23.4. The standard InChI is InChI=1S/C37H36N4O7/c1-5-47-37(43)22-9-8-10-24(19-22)38-27-20-28(32-31-30(27)33(42)25-11-6-7-12-26(25)35(31)48-39-32)41-17-15-40(16-18-41)21-23-13-14-29(44-2)36(46-4)34(23)45-3/h6-14,19-20,38H,5,15-18,21H2,1-4H3. The third-order valence-corrected chi connectivity index (χ3v) is 8.92. The summed E-state index contributed by atoms with van der Waals surface area (Å²) >= 11 is 0. The summed E-state index contributed by atoms with van der Waals surface area (Å²) in [7, 11) is 4.85. The third-order valence-electron chi connectivity index (χ3n) is 8.92. The fourth-order valence-corrected chi connectivity index (χ4v) is 6.65. The summed E-state index contributed by atoms with van der Waals surface area (Å²) in [6.07, 6.45) is 0. The zero-order valence-electron chi connectivity index (χ0n) is 27.3. The number of carbonyl (C=O) groups excluding carboxylic acids is 2. The summed E-state index contributed by atoms with van der Waals surface area (Å²) in [5, 5.41) is 8.66. The highest BCUT2D eigenvalue weighted by Crippen LogP contribution is 2.47. The van der Waals surface area contributed by atoms with E-state index in [2.05, 4.69) is 20.3 Å². The van der Waals surface area contributed by atoms with Crippen LogP contribution in [0.25, 0.3) is 22.2 Å². The minimum atomic E-state index is -0.409. The predicted octanol–water partition coefficient (Wildman–Crippen LogP) is 6.31. The van der Waals surface area contributed by atoms with Gasteiger partial charge < -0.3 is 33.7 Å². The van der Waals surface area contributed by atoms with E-state index in [-0.39, 0.29) is 12.4 Å². The lowest BCUT2D eigenvalue weighted by atomic mass is 9.86. The molecule has 5 aromatic rings. The molecule has 11 nitrogen and oxygen atoms in total. The van der Waals surface area contributed by atoms with E-state index in [1.807, 2.05) is 42.5 Å². The highest BCUT2D eigenvalue weighted by molar-refractivity contribution is 6.28. The van der Waals surface area contributed by atoms with E-state index in [1.54, 1.807) is 52.5 Å². The minimum Gasteiger partial charge on any atom is -0.493 e. The molecule has 0 atom stereocenters. The number of piperazine rings is 1. The van der Waals surface area contributed by atoms with Crippen LogP contribution in [0.3, 0.4) is 0 Å². The van der Waals surface area contributed by atoms with Crippen LogP contribution in [0.1, 0.15) is 38.8 Å². The summed E-state index contributed by atoms with van der Waals surface area (Å²) in [5.41, 5.74) is 5.96. The van der Waals surface area contributed by atoms with Crippen molar-refractivity contribution in [2.45, 2.75) is 13.5 Å². The van der Waals surface area contributed by atoms with Crippen molar-refractivity contribution in [3.05, 3.63) is 89.0 Å². The summed E-state index contributed by atoms with van der Waals surface area (Å²) in [6, 6.07) is 20.4. The average molecular weight is 649 g/mol. The Morgan fingerprint density at radius 3 is 2.40 bits per heavy atom. The molecular formula is C37H36N4O7. The zero-order valence-corrected chi connectivity index (χ0v) is 27.3. The number of carbonyl (C=O) groups is 2. The van der Waals surface area contributed by atoms with Crippen LogP contribution in [0.15, 0.2) is 71.3 Å². The first kappa shape index (κ1) is 31.1. The number of methoxy groups -OCH3 is 3. The van der Waals surface area contributed by atoms with Gasteiger partial charge in [0.15, 0.2) is 23.0 Å². The van der Waals surface area contributed by atoms with Gasteiger partial charge in [-0.15, -0.1) is 0 Å². The van der Waals surface area contributed by atoms with E-state index in [9.17, 15) is 9.59 Å². The van der Waals surface area contributed by atoms with Gasteiger partial charge in [0.25, 0.3) is 0 Å². The summed E-state index contributed by atoms with van der Waals surface area (Å²) in [5.74, 6) is 1.90. The molecule has 1 N–H and O–H groups in total. The van der Waals surface area contributed by atoms with Crippen LogP contribution in [0.2, 0.25) is 0 Å². The molecule has 48 heavy (non-hydrogen) atoms. The third kappa shape index (κ3) is 5.35. The Labute approximate surface area is 277 Å². The number of fused-ring (bicyclic) bond motifs is 2. The summed E-state index contributed by atoms with van der Waals surface area (Å²) in [6.45, 7) is 5.71. The molecule has 1 aliphatic carbocycles. The summed E-state index contributed by atoms with van der Waals surface area (Å²) < 4.78 is 28.0. The molecule has 1 saturated heterocycles. The van der Waals surface area contributed by atoms with Crippen LogP contribution >= 0.6 is 0 Å². The number of rotatable bonds is 10. The van der Waals surface area contributed by atoms with E-state index < -0.39 is 5.97 Å². The van der Waals surface area contributed by atoms with Crippen LogP contribution in [-0.4, -0.2) is 75.9 Å². The van der Waals surface area contributed by atoms with Gasteiger partial charge in [-0.25, -0.2) is 4.79 Å². The Morgan fingerprint density at radius 2 is 1.67 bits per heavy atom. The van der Waals surface area contributed by atoms with E-state index in [4.69, 9.17) is 23.5 Å². The maximum absolute atomic E-state index is 14.1. The maximum Gasteiger partial charge on any atom is 0.338 e. The number of anilines is 3. The Hall–Kier alpha value is -5.55. The molecular weight excluding hydrogens is 612 g/mol. The lowest BCUT2D eigenvalue weighted by Gasteiger charge is -2.36. The first-order valence-electron chi connectivity index (χ1n) is 15.9. The number of aromatic nitrogens is 1. The Morgan fingerprint density at radius 1 is 0.896 bits per heavy atom. The van der Waals surface area contributed by atoms with E-state index >= 15 is 0 Å². The predicted molar refractivity (Wildman–Crippen MR) is 182 cm³/mol. The fraction of sp³-hybridized carbons (Fsp3) is 0.270. The number of esters is 1. The van der Waals surface area contributed by atoms with Gasteiger partial charge in [-0.05, 0) is 37.3 Å². The van der Waals surface area contributed by atoms with Gasteiger partial charge in [-0.1, -0.05) is 41.6 Å². The van der Waals surface area contributed by atoms with Crippen molar-refractivity contribution < 1.29 is 33.1 Å². The van der Waals surface area contributed by atoms with Crippen molar-refractivity contribution in [3.63, 3.8) is 0 Å².